The third-order valence-electron chi connectivity index (χ3n) is 7.08. The lowest BCUT2D eigenvalue weighted by atomic mass is 9.92. The number of fused-ring (bicyclic) bond motifs is 1. The molecule has 0 amide bonds. The first-order valence-corrected chi connectivity index (χ1v) is 8.65. The normalized spacial score (nSPS) is 47.2. The maximum Gasteiger partial charge on any atom is 0.340 e. The maximum absolute atomic E-state index is 12.4. The van der Waals surface area contributed by atoms with Crippen molar-refractivity contribution in [3.63, 3.8) is 0 Å². The van der Waals surface area contributed by atoms with Crippen molar-refractivity contribution in [2.24, 2.45) is 10.8 Å². The number of esters is 1. The van der Waals surface area contributed by atoms with E-state index in [-0.39, 0.29) is 5.56 Å². The summed E-state index contributed by atoms with van der Waals surface area (Å²) < 4.78 is 11.0. The van der Waals surface area contributed by atoms with Gasteiger partial charge in [0.15, 0.2) is 5.60 Å². The van der Waals surface area contributed by atoms with Gasteiger partial charge >= 0.3 is 5.97 Å². The Labute approximate surface area is 151 Å². The quantitative estimate of drug-likeness (QED) is 0.566. The highest BCUT2D eigenvalue weighted by Gasteiger charge is 2.98. The van der Waals surface area contributed by atoms with Gasteiger partial charge in [-0.15, -0.1) is 0 Å². The molecule has 1 aromatic carbocycles. The molecule has 0 spiro atoms. The number of aliphatic hydroxyl groups excluding tert-OH is 1. The Balaban J connectivity index is 1.66. The van der Waals surface area contributed by atoms with Crippen molar-refractivity contribution in [3.8, 4) is 0 Å². The lowest BCUT2D eigenvalue weighted by Crippen LogP contribution is -2.48. The van der Waals surface area contributed by atoms with Crippen molar-refractivity contribution in [3.05, 3.63) is 35.9 Å². The molecule has 0 bridgehead atoms. The van der Waals surface area contributed by atoms with Crippen LogP contribution in [0.3, 0.4) is 0 Å². The highest BCUT2D eigenvalue weighted by atomic mass is 16.7. The second-order valence-electron chi connectivity index (χ2n) is 8.73. The van der Waals surface area contributed by atoms with E-state index in [0.29, 0.717) is 0 Å². The highest BCUT2D eigenvalue weighted by molar-refractivity contribution is 5.89. The summed E-state index contributed by atoms with van der Waals surface area (Å²) in [4.78, 5) is 12.4. The van der Waals surface area contributed by atoms with Gasteiger partial charge in [-0.3, -0.25) is 0 Å². The molecular formula is C19H24O7. The first-order valence-electron chi connectivity index (χ1n) is 8.65. The molecule has 0 radical (unpaired) electrons. The molecule has 1 saturated heterocycles. The Hall–Kier alpha value is -1.51. The zero-order chi connectivity index (χ0) is 19.3. The fourth-order valence-corrected chi connectivity index (χ4v) is 4.72. The van der Waals surface area contributed by atoms with Crippen molar-refractivity contribution in [1.82, 2.24) is 0 Å². The van der Waals surface area contributed by atoms with Crippen LogP contribution in [-0.2, 0) is 9.47 Å². The van der Waals surface area contributed by atoms with Crippen LogP contribution in [0.25, 0.3) is 0 Å². The van der Waals surface area contributed by atoms with E-state index in [2.05, 4.69) is 0 Å². The Kier molecular flexibility index (Phi) is 3.21. The van der Waals surface area contributed by atoms with Crippen LogP contribution in [0.4, 0.5) is 0 Å². The minimum Gasteiger partial charge on any atom is -0.429 e. The molecule has 3 fully saturated rings. The summed E-state index contributed by atoms with van der Waals surface area (Å²) in [5, 5.41) is 43.4. The molecule has 2 aliphatic carbocycles. The number of carbonyl (C=O) groups excluding carboxylic acids is 1. The summed E-state index contributed by atoms with van der Waals surface area (Å²) in [7, 11) is 0. The number of ether oxygens (including phenoxy) is 2. The van der Waals surface area contributed by atoms with Gasteiger partial charge in [0.2, 0.25) is 6.29 Å². The Morgan fingerprint density at radius 1 is 1.04 bits per heavy atom. The van der Waals surface area contributed by atoms with Crippen LogP contribution in [0.2, 0.25) is 0 Å². The van der Waals surface area contributed by atoms with Crippen LogP contribution in [0.15, 0.2) is 30.3 Å². The van der Waals surface area contributed by atoms with E-state index in [1.54, 1.807) is 58.0 Å². The SMILES string of the molecule is CC1(C)C(O)[C@@]1(O)[C@H]1O[C@@H](OC(=O)c2ccccc2)[C@@]2(O)C(C)(C)[C@@]12O. The number of rotatable bonds is 3. The molecule has 6 atom stereocenters. The molecule has 1 aliphatic heterocycles. The molecule has 1 heterocycles. The molecule has 0 aromatic heterocycles. The molecule has 7 nitrogen and oxygen atoms in total. The molecule has 1 aromatic rings. The zero-order valence-corrected chi connectivity index (χ0v) is 15.1. The standard InChI is InChI=1S/C19H24O7/c1-15(2)12(21)17(15,22)13-18(23)16(3,4)19(18,24)14(26-13)25-11(20)10-8-6-5-7-9-10/h5-9,12-14,21-24H,1-4H3/t12?,13-,14-,17-,18+,19-/m1/s1. The molecule has 7 heteroatoms. The van der Waals surface area contributed by atoms with Crippen LogP contribution in [0.5, 0.6) is 0 Å². The topological polar surface area (TPSA) is 116 Å². The van der Waals surface area contributed by atoms with Crippen LogP contribution in [0, 0.1) is 10.8 Å². The van der Waals surface area contributed by atoms with Crippen LogP contribution in [-0.4, -0.2) is 61.7 Å². The Bertz CT molecular complexity index is 775. The second-order valence-corrected chi connectivity index (χ2v) is 8.73. The maximum atomic E-state index is 12.4. The van der Waals surface area contributed by atoms with E-state index in [0.717, 1.165) is 0 Å². The van der Waals surface area contributed by atoms with E-state index in [1.807, 2.05) is 0 Å². The van der Waals surface area contributed by atoms with Gasteiger partial charge in [-0.25, -0.2) is 4.79 Å². The molecule has 2 saturated carbocycles. The fraction of sp³-hybridized carbons (Fsp3) is 0.632. The van der Waals surface area contributed by atoms with E-state index in [9.17, 15) is 25.2 Å². The highest BCUT2D eigenvalue weighted by Crippen LogP contribution is 2.77. The van der Waals surface area contributed by atoms with Crippen molar-refractivity contribution >= 4 is 5.97 Å². The number of aliphatic hydroxyl groups is 4. The Morgan fingerprint density at radius 2 is 1.58 bits per heavy atom. The molecule has 26 heavy (non-hydrogen) atoms. The van der Waals surface area contributed by atoms with Gasteiger partial charge in [-0.1, -0.05) is 45.9 Å². The summed E-state index contributed by atoms with van der Waals surface area (Å²) in [6, 6.07) is 8.22. The molecule has 4 rings (SSSR count). The van der Waals surface area contributed by atoms with Gasteiger partial charge in [0.25, 0.3) is 0 Å². The van der Waals surface area contributed by atoms with Gasteiger partial charge in [-0.2, -0.15) is 0 Å². The molecule has 1 unspecified atom stereocenters. The van der Waals surface area contributed by atoms with E-state index < -0.39 is 52.1 Å². The molecule has 142 valence electrons. The second kappa shape index (κ2) is 4.66. The van der Waals surface area contributed by atoms with Crippen LogP contribution in [0.1, 0.15) is 38.1 Å². The molecular weight excluding hydrogens is 340 g/mol. The minimum absolute atomic E-state index is 0.274. The van der Waals surface area contributed by atoms with Crippen molar-refractivity contribution in [2.75, 3.05) is 0 Å². The lowest BCUT2D eigenvalue weighted by Gasteiger charge is -2.31. The van der Waals surface area contributed by atoms with Crippen LogP contribution < -0.4 is 0 Å². The lowest BCUT2D eigenvalue weighted by molar-refractivity contribution is -0.210. The van der Waals surface area contributed by atoms with Crippen molar-refractivity contribution < 1.29 is 34.7 Å². The van der Waals surface area contributed by atoms with E-state index >= 15 is 0 Å². The van der Waals surface area contributed by atoms with E-state index in [4.69, 9.17) is 9.47 Å². The predicted octanol–water partition coefficient (Wildman–Crippen LogP) is 0.202. The zero-order valence-electron chi connectivity index (χ0n) is 15.1. The number of hydrogen-bond donors (Lipinski definition) is 4. The smallest absolute Gasteiger partial charge is 0.340 e. The summed E-state index contributed by atoms with van der Waals surface area (Å²) in [6.45, 7) is 6.50. The predicted molar refractivity (Wildman–Crippen MR) is 88.9 cm³/mol. The van der Waals surface area contributed by atoms with Crippen molar-refractivity contribution in [1.29, 1.82) is 0 Å². The summed E-state index contributed by atoms with van der Waals surface area (Å²) >= 11 is 0. The van der Waals surface area contributed by atoms with Gasteiger partial charge in [0, 0.05) is 10.8 Å². The van der Waals surface area contributed by atoms with Crippen molar-refractivity contribution in [2.45, 2.75) is 63.0 Å². The number of benzene rings is 1. The summed E-state index contributed by atoms with van der Waals surface area (Å²) in [5.41, 5.74) is -7.24. The third kappa shape index (κ3) is 1.60. The number of carbonyl (C=O) groups is 1. The molecule has 4 N–H and O–H groups in total. The van der Waals surface area contributed by atoms with Gasteiger partial charge in [-0.05, 0) is 12.1 Å². The average molecular weight is 364 g/mol. The minimum atomic E-state index is -1.89. The Morgan fingerprint density at radius 3 is 2.08 bits per heavy atom. The van der Waals surface area contributed by atoms with Gasteiger partial charge < -0.3 is 29.9 Å². The first-order chi connectivity index (χ1) is 11.9. The summed E-state index contributed by atoms with van der Waals surface area (Å²) in [5.74, 6) is -0.711. The van der Waals surface area contributed by atoms with Gasteiger partial charge in [0.1, 0.15) is 17.3 Å². The van der Waals surface area contributed by atoms with Gasteiger partial charge in [0.05, 0.1) is 11.7 Å². The van der Waals surface area contributed by atoms with Crippen LogP contribution >= 0.6 is 0 Å². The van der Waals surface area contributed by atoms with E-state index in [1.165, 1.54) is 0 Å². The fourth-order valence-electron chi connectivity index (χ4n) is 4.72. The monoisotopic (exact) mass is 364 g/mol. The largest absolute Gasteiger partial charge is 0.429 e. The summed E-state index contributed by atoms with van der Waals surface area (Å²) in [6.07, 6.45) is -3.89. The third-order valence-corrected chi connectivity index (χ3v) is 7.08. The molecule has 3 aliphatic rings. The average Bonchev–Trinajstić information content (AvgIpc) is 3.07. The number of hydrogen-bond acceptors (Lipinski definition) is 7. The first kappa shape index (κ1) is 17.9.